The summed E-state index contributed by atoms with van der Waals surface area (Å²) in [7, 11) is 0. The lowest BCUT2D eigenvalue weighted by molar-refractivity contribution is 0.629. The Balaban J connectivity index is 2.23. The van der Waals surface area contributed by atoms with Gasteiger partial charge < -0.3 is 5.43 Å². The van der Waals surface area contributed by atoms with E-state index in [0.717, 1.165) is 16.5 Å². The van der Waals surface area contributed by atoms with Crippen LogP contribution in [0.2, 0.25) is 5.02 Å². The number of hydrogen-bond donors (Lipinski definition) is 2. The molecule has 3 nitrogen and oxygen atoms in total. The van der Waals surface area contributed by atoms with Crippen LogP contribution >= 0.6 is 11.6 Å². The summed E-state index contributed by atoms with van der Waals surface area (Å²) in [5, 5.41) is 1.50. The largest absolute Gasteiger partial charge is 0.308 e. The molecule has 0 saturated heterocycles. The van der Waals surface area contributed by atoms with E-state index in [1.807, 2.05) is 18.2 Å². The van der Waals surface area contributed by atoms with Crippen molar-refractivity contribution in [2.75, 3.05) is 5.43 Å². The van der Waals surface area contributed by atoms with Crippen molar-refractivity contribution in [1.29, 1.82) is 0 Å². The van der Waals surface area contributed by atoms with Crippen molar-refractivity contribution in [3.63, 3.8) is 0 Å². The number of halogens is 2. The molecule has 0 saturated carbocycles. The van der Waals surface area contributed by atoms with Crippen LogP contribution in [0, 0.1) is 5.82 Å². The number of benzene rings is 2. The Bertz CT molecular complexity index is 772. The maximum absolute atomic E-state index is 13.2. The first kappa shape index (κ1) is 12.8. The quantitative estimate of drug-likeness (QED) is 0.554. The van der Waals surface area contributed by atoms with Gasteiger partial charge in [0.1, 0.15) is 11.6 Å². The molecular weight excluding hydrogens is 277 g/mol. The summed E-state index contributed by atoms with van der Waals surface area (Å²) in [6, 6.07) is 13.8. The Kier molecular flexibility index (Phi) is 3.26. The van der Waals surface area contributed by atoms with Crippen molar-refractivity contribution in [1.82, 2.24) is 4.98 Å². The van der Waals surface area contributed by atoms with Gasteiger partial charge in [0.15, 0.2) is 0 Å². The van der Waals surface area contributed by atoms with E-state index in [1.165, 1.54) is 12.1 Å². The molecule has 3 aromatic rings. The van der Waals surface area contributed by atoms with Gasteiger partial charge in [-0.15, -0.1) is 0 Å². The van der Waals surface area contributed by atoms with E-state index >= 15 is 0 Å². The second kappa shape index (κ2) is 5.07. The van der Waals surface area contributed by atoms with Gasteiger partial charge in [-0.05, 0) is 35.9 Å². The predicted octanol–water partition coefficient (Wildman–Crippen LogP) is 3.98. The van der Waals surface area contributed by atoms with Crippen LogP contribution in [0.1, 0.15) is 0 Å². The van der Waals surface area contributed by atoms with Gasteiger partial charge in [0.2, 0.25) is 0 Å². The number of anilines is 1. The normalized spacial score (nSPS) is 10.8. The summed E-state index contributed by atoms with van der Waals surface area (Å²) < 4.78 is 13.2. The fourth-order valence-corrected chi connectivity index (χ4v) is 2.23. The molecular formula is C15H11ClFN3. The first-order chi connectivity index (χ1) is 9.67. The Morgan fingerprint density at radius 2 is 1.80 bits per heavy atom. The number of nitrogens with one attached hydrogen (secondary N) is 1. The summed E-state index contributed by atoms with van der Waals surface area (Å²) in [5.74, 6) is 5.68. The van der Waals surface area contributed by atoms with Gasteiger partial charge in [-0.1, -0.05) is 23.7 Å². The van der Waals surface area contributed by atoms with E-state index in [1.54, 1.807) is 18.2 Å². The molecule has 0 amide bonds. The van der Waals surface area contributed by atoms with Crippen molar-refractivity contribution in [2.24, 2.45) is 5.84 Å². The lowest BCUT2D eigenvalue weighted by Crippen LogP contribution is -2.10. The molecule has 1 aromatic heterocycles. The molecule has 0 atom stereocenters. The van der Waals surface area contributed by atoms with Crippen LogP contribution in [-0.2, 0) is 0 Å². The number of aromatic nitrogens is 1. The number of hydrazine groups is 1. The molecule has 5 heteroatoms. The predicted molar refractivity (Wildman–Crippen MR) is 80.0 cm³/mol. The third kappa shape index (κ3) is 2.31. The average molecular weight is 288 g/mol. The number of rotatable bonds is 2. The average Bonchev–Trinajstić information content (AvgIpc) is 2.46. The minimum atomic E-state index is -0.327. The minimum Gasteiger partial charge on any atom is -0.308 e. The van der Waals surface area contributed by atoms with Crippen molar-refractivity contribution in [3.05, 3.63) is 59.4 Å². The fourth-order valence-electron chi connectivity index (χ4n) is 2.10. The molecule has 0 bridgehead atoms. The molecule has 3 N–H and O–H groups in total. The van der Waals surface area contributed by atoms with Crippen molar-refractivity contribution < 1.29 is 4.39 Å². The van der Waals surface area contributed by atoms with Gasteiger partial charge in [0.25, 0.3) is 0 Å². The lowest BCUT2D eigenvalue weighted by Gasteiger charge is -2.10. The zero-order valence-electron chi connectivity index (χ0n) is 10.4. The molecule has 0 spiro atoms. The van der Waals surface area contributed by atoms with Gasteiger partial charge in [-0.2, -0.15) is 0 Å². The number of pyridine rings is 1. The van der Waals surface area contributed by atoms with Crippen LogP contribution < -0.4 is 11.3 Å². The third-order valence-electron chi connectivity index (χ3n) is 3.07. The maximum Gasteiger partial charge on any atom is 0.148 e. The smallest absolute Gasteiger partial charge is 0.148 e. The van der Waals surface area contributed by atoms with Crippen LogP contribution in [0.3, 0.4) is 0 Å². The number of nitrogens with zero attached hydrogens (tertiary/aromatic N) is 1. The zero-order chi connectivity index (χ0) is 14.1. The van der Waals surface area contributed by atoms with Gasteiger partial charge in [0.05, 0.1) is 5.52 Å². The molecule has 1 heterocycles. The molecule has 0 aliphatic carbocycles. The van der Waals surface area contributed by atoms with E-state index < -0.39 is 0 Å². The van der Waals surface area contributed by atoms with E-state index in [4.69, 9.17) is 17.4 Å². The second-order valence-electron chi connectivity index (χ2n) is 4.37. The molecule has 0 aliphatic rings. The number of nitrogens with two attached hydrogens (primary N) is 1. The van der Waals surface area contributed by atoms with E-state index in [2.05, 4.69) is 10.4 Å². The molecule has 100 valence electrons. The first-order valence-electron chi connectivity index (χ1n) is 6.00. The molecule has 0 fully saturated rings. The molecule has 0 radical (unpaired) electrons. The molecule has 2 aromatic carbocycles. The van der Waals surface area contributed by atoms with Crippen LogP contribution in [-0.4, -0.2) is 4.98 Å². The highest BCUT2D eigenvalue weighted by Gasteiger charge is 2.09. The van der Waals surface area contributed by atoms with Crippen LogP contribution in [0.5, 0.6) is 0 Å². The van der Waals surface area contributed by atoms with E-state index in [0.29, 0.717) is 16.4 Å². The highest BCUT2D eigenvalue weighted by Crippen LogP contribution is 2.30. The van der Waals surface area contributed by atoms with Gasteiger partial charge in [0, 0.05) is 22.0 Å². The van der Waals surface area contributed by atoms with Crippen LogP contribution in [0.25, 0.3) is 22.0 Å². The molecule has 0 aliphatic heterocycles. The summed E-state index contributed by atoms with van der Waals surface area (Å²) in [4.78, 5) is 4.34. The topological polar surface area (TPSA) is 50.9 Å². The fraction of sp³-hybridized carbons (Fsp3) is 0. The lowest BCUT2D eigenvalue weighted by atomic mass is 10.0. The second-order valence-corrected chi connectivity index (χ2v) is 4.81. The van der Waals surface area contributed by atoms with Crippen molar-refractivity contribution in [3.8, 4) is 11.1 Å². The first-order valence-corrected chi connectivity index (χ1v) is 6.38. The number of fused-ring (bicyclic) bond motifs is 1. The Morgan fingerprint density at radius 3 is 2.50 bits per heavy atom. The standard InChI is InChI=1S/C15H11ClFN3/c16-11-4-1-9(2-5-11)13-7-10-3-6-12(17)8-14(10)19-15(13)20-18/h1-8H,18H2,(H,19,20). The van der Waals surface area contributed by atoms with Crippen LogP contribution in [0.15, 0.2) is 48.5 Å². The maximum atomic E-state index is 13.2. The number of hydrogen-bond acceptors (Lipinski definition) is 3. The summed E-state index contributed by atoms with van der Waals surface area (Å²) in [6.45, 7) is 0. The third-order valence-corrected chi connectivity index (χ3v) is 3.32. The summed E-state index contributed by atoms with van der Waals surface area (Å²) in [5.41, 5.74) is 4.87. The summed E-state index contributed by atoms with van der Waals surface area (Å²) >= 11 is 5.89. The van der Waals surface area contributed by atoms with Gasteiger partial charge in [-0.25, -0.2) is 15.2 Å². The molecule has 0 unspecified atom stereocenters. The van der Waals surface area contributed by atoms with Crippen LogP contribution in [0.4, 0.5) is 10.2 Å². The monoisotopic (exact) mass is 287 g/mol. The molecule has 3 rings (SSSR count). The number of nitrogen functional groups attached to an aromatic ring is 1. The van der Waals surface area contributed by atoms with E-state index in [9.17, 15) is 4.39 Å². The zero-order valence-corrected chi connectivity index (χ0v) is 11.2. The summed E-state index contributed by atoms with van der Waals surface area (Å²) in [6.07, 6.45) is 0. The highest BCUT2D eigenvalue weighted by atomic mass is 35.5. The Morgan fingerprint density at radius 1 is 1.05 bits per heavy atom. The Labute approximate surface area is 120 Å². The van der Waals surface area contributed by atoms with Gasteiger partial charge in [-0.3, -0.25) is 0 Å². The van der Waals surface area contributed by atoms with Crippen molar-refractivity contribution >= 4 is 28.3 Å². The Hall–Kier alpha value is -2.17. The van der Waals surface area contributed by atoms with Crippen molar-refractivity contribution in [2.45, 2.75) is 0 Å². The van der Waals surface area contributed by atoms with E-state index in [-0.39, 0.29) is 5.82 Å². The minimum absolute atomic E-state index is 0.327. The highest BCUT2D eigenvalue weighted by molar-refractivity contribution is 6.30. The van der Waals surface area contributed by atoms with Gasteiger partial charge >= 0.3 is 0 Å². The molecule has 20 heavy (non-hydrogen) atoms. The SMILES string of the molecule is NNc1nc2cc(F)ccc2cc1-c1ccc(Cl)cc1.